The second-order valence-electron chi connectivity index (χ2n) is 6.42. The summed E-state index contributed by atoms with van der Waals surface area (Å²) in [5.74, 6) is 0.246. The molecule has 0 unspecified atom stereocenters. The van der Waals surface area contributed by atoms with Gasteiger partial charge in [-0.1, -0.05) is 55.5 Å². The highest BCUT2D eigenvalue weighted by Gasteiger charge is 2.23. The molecule has 1 aromatic heterocycles. The van der Waals surface area contributed by atoms with E-state index in [0.717, 1.165) is 38.5 Å². The number of phenolic OH excluding ortho intramolecular Hbond substituents is 1. The number of hydrogen-bond donors (Lipinski definition) is 1. The molecule has 27 heavy (non-hydrogen) atoms. The molecule has 0 aliphatic carbocycles. The number of ether oxygens (including phenoxy) is 1. The Morgan fingerprint density at radius 2 is 1.70 bits per heavy atom. The molecular weight excluding hydrogens is 338 g/mol. The Bertz CT molecular complexity index is 1140. The van der Waals surface area contributed by atoms with Crippen LogP contribution in [0.1, 0.15) is 19.4 Å². The van der Waals surface area contributed by atoms with E-state index in [1.807, 2.05) is 61.5 Å². The molecule has 4 heteroatoms. The highest BCUT2D eigenvalue weighted by molar-refractivity contribution is 6.17. The molecule has 0 aliphatic rings. The number of rotatable bonds is 3. The highest BCUT2D eigenvalue weighted by Crippen LogP contribution is 2.42. The van der Waals surface area contributed by atoms with Gasteiger partial charge in [-0.2, -0.15) is 0 Å². The van der Waals surface area contributed by atoms with Crippen LogP contribution in [0.5, 0.6) is 5.75 Å². The lowest BCUT2D eigenvalue weighted by Gasteiger charge is -2.15. The Morgan fingerprint density at radius 3 is 2.41 bits per heavy atom. The van der Waals surface area contributed by atoms with Crippen molar-refractivity contribution in [1.82, 2.24) is 4.57 Å². The summed E-state index contributed by atoms with van der Waals surface area (Å²) >= 11 is 0. The maximum absolute atomic E-state index is 12.9. The summed E-state index contributed by atoms with van der Waals surface area (Å²) in [7, 11) is 0. The first-order chi connectivity index (χ1) is 13.2. The average molecular weight is 359 g/mol. The standard InChI is InChI=1S/C23H21NO3/c1-3-16-20(25)14-18-17-12-8-9-13-19(17)24(23(26)27-4-2)22(18)21(16)15-10-6-5-7-11-15/h5-14,25H,3-4H2,1-2H3. The fourth-order valence-electron chi connectivity index (χ4n) is 3.80. The molecule has 0 radical (unpaired) electrons. The Kier molecular flexibility index (Phi) is 4.32. The topological polar surface area (TPSA) is 51.5 Å². The van der Waals surface area contributed by atoms with Crippen molar-refractivity contribution in [3.05, 3.63) is 66.2 Å². The van der Waals surface area contributed by atoms with Gasteiger partial charge >= 0.3 is 6.09 Å². The monoisotopic (exact) mass is 359 g/mol. The normalized spacial score (nSPS) is 11.2. The minimum atomic E-state index is -0.409. The summed E-state index contributed by atoms with van der Waals surface area (Å²) < 4.78 is 6.99. The van der Waals surface area contributed by atoms with Crippen LogP contribution in [0.2, 0.25) is 0 Å². The molecule has 0 bridgehead atoms. The van der Waals surface area contributed by atoms with Gasteiger partial charge in [-0.15, -0.1) is 0 Å². The fraction of sp³-hybridized carbons (Fsp3) is 0.174. The minimum absolute atomic E-state index is 0.246. The van der Waals surface area contributed by atoms with Gasteiger partial charge in [-0.05, 0) is 31.0 Å². The van der Waals surface area contributed by atoms with Crippen molar-refractivity contribution >= 4 is 27.9 Å². The second-order valence-corrected chi connectivity index (χ2v) is 6.42. The smallest absolute Gasteiger partial charge is 0.418 e. The predicted octanol–water partition coefficient (Wildman–Crippen LogP) is 5.73. The molecule has 0 amide bonds. The summed E-state index contributed by atoms with van der Waals surface area (Å²) in [6.45, 7) is 4.10. The van der Waals surface area contributed by atoms with Gasteiger partial charge in [0.2, 0.25) is 0 Å². The van der Waals surface area contributed by atoms with Crippen LogP contribution >= 0.6 is 0 Å². The molecule has 0 atom stereocenters. The maximum atomic E-state index is 12.9. The number of aromatic hydroxyl groups is 1. The zero-order valence-corrected chi connectivity index (χ0v) is 15.4. The molecule has 4 aromatic rings. The molecule has 1 N–H and O–H groups in total. The number of benzene rings is 3. The SMILES string of the molecule is CCOC(=O)n1c2ccccc2c2cc(O)c(CC)c(-c3ccccc3)c21. The minimum Gasteiger partial charge on any atom is -0.508 e. The van der Waals surface area contributed by atoms with Crippen molar-refractivity contribution in [1.29, 1.82) is 0 Å². The van der Waals surface area contributed by atoms with Gasteiger partial charge in [0, 0.05) is 21.9 Å². The summed E-state index contributed by atoms with van der Waals surface area (Å²) in [5.41, 5.74) is 4.20. The van der Waals surface area contributed by atoms with E-state index in [2.05, 4.69) is 0 Å². The van der Waals surface area contributed by atoms with Crippen molar-refractivity contribution in [3.8, 4) is 16.9 Å². The van der Waals surface area contributed by atoms with E-state index in [-0.39, 0.29) is 5.75 Å². The van der Waals surface area contributed by atoms with Crippen LogP contribution in [-0.4, -0.2) is 22.4 Å². The number of carbonyl (C=O) groups excluding carboxylic acids is 1. The third kappa shape index (κ3) is 2.65. The molecule has 3 aromatic carbocycles. The number of carbonyl (C=O) groups is 1. The first-order valence-electron chi connectivity index (χ1n) is 9.17. The lowest BCUT2D eigenvalue weighted by atomic mass is 9.94. The number of phenols is 1. The third-order valence-electron chi connectivity index (χ3n) is 4.91. The predicted molar refractivity (Wildman–Crippen MR) is 108 cm³/mol. The van der Waals surface area contributed by atoms with Gasteiger partial charge in [0.15, 0.2) is 0 Å². The first-order valence-corrected chi connectivity index (χ1v) is 9.17. The van der Waals surface area contributed by atoms with Crippen molar-refractivity contribution < 1.29 is 14.6 Å². The lowest BCUT2D eigenvalue weighted by Crippen LogP contribution is -2.14. The molecule has 4 rings (SSSR count). The van der Waals surface area contributed by atoms with Gasteiger partial charge in [0.05, 0.1) is 17.6 Å². The van der Waals surface area contributed by atoms with E-state index in [9.17, 15) is 9.90 Å². The molecule has 0 saturated carbocycles. The maximum Gasteiger partial charge on any atom is 0.418 e. The third-order valence-corrected chi connectivity index (χ3v) is 4.91. The molecule has 136 valence electrons. The van der Waals surface area contributed by atoms with Crippen LogP contribution in [-0.2, 0) is 11.2 Å². The number of para-hydroxylation sites is 1. The number of nitrogens with zero attached hydrogens (tertiary/aromatic N) is 1. The van der Waals surface area contributed by atoms with E-state index >= 15 is 0 Å². The van der Waals surface area contributed by atoms with Gasteiger partial charge in [0.1, 0.15) is 5.75 Å². The molecule has 0 saturated heterocycles. The van der Waals surface area contributed by atoms with E-state index in [1.165, 1.54) is 0 Å². The second kappa shape index (κ2) is 6.80. The van der Waals surface area contributed by atoms with Crippen molar-refractivity contribution in [3.63, 3.8) is 0 Å². The van der Waals surface area contributed by atoms with Crippen LogP contribution in [0.3, 0.4) is 0 Å². The Hall–Kier alpha value is -3.27. The number of aromatic nitrogens is 1. The van der Waals surface area contributed by atoms with Gasteiger partial charge < -0.3 is 9.84 Å². The quantitative estimate of drug-likeness (QED) is 0.508. The highest BCUT2D eigenvalue weighted by atomic mass is 16.5. The Labute approximate surface area is 157 Å². The zero-order chi connectivity index (χ0) is 19.0. The Morgan fingerprint density at radius 1 is 1.00 bits per heavy atom. The van der Waals surface area contributed by atoms with Gasteiger partial charge in [-0.25, -0.2) is 9.36 Å². The summed E-state index contributed by atoms with van der Waals surface area (Å²) in [4.78, 5) is 12.9. The van der Waals surface area contributed by atoms with E-state index in [0.29, 0.717) is 13.0 Å². The first kappa shape index (κ1) is 17.2. The van der Waals surface area contributed by atoms with E-state index < -0.39 is 6.09 Å². The van der Waals surface area contributed by atoms with Crippen molar-refractivity contribution in [2.75, 3.05) is 6.61 Å². The molecule has 0 aliphatic heterocycles. The zero-order valence-electron chi connectivity index (χ0n) is 15.4. The summed E-state index contributed by atoms with van der Waals surface area (Å²) in [5, 5.41) is 12.5. The van der Waals surface area contributed by atoms with Crippen LogP contribution in [0.25, 0.3) is 32.9 Å². The van der Waals surface area contributed by atoms with E-state index in [4.69, 9.17) is 4.74 Å². The van der Waals surface area contributed by atoms with Crippen LogP contribution in [0.4, 0.5) is 4.79 Å². The van der Waals surface area contributed by atoms with E-state index in [1.54, 1.807) is 17.6 Å². The molecule has 4 nitrogen and oxygen atoms in total. The average Bonchev–Trinajstić information content (AvgIpc) is 3.02. The molecule has 0 spiro atoms. The van der Waals surface area contributed by atoms with Crippen LogP contribution < -0.4 is 0 Å². The number of fused-ring (bicyclic) bond motifs is 3. The Balaban J connectivity index is 2.24. The van der Waals surface area contributed by atoms with Crippen LogP contribution in [0.15, 0.2) is 60.7 Å². The van der Waals surface area contributed by atoms with Crippen molar-refractivity contribution in [2.24, 2.45) is 0 Å². The fourth-order valence-corrected chi connectivity index (χ4v) is 3.80. The molecular formula is C23H21NO3. The summed E-state index contributed by atoms with van der Waals surface area (Å²) in [6.07, 6.45) is 0.240. The van der Waals surface area contributed by atoms with Gasteiger partial charge in [-0.3, -0.25) is 0 Å². The van der Waals surface area contributed by atoms with Crippen molar-refractivity contribution in [2.45, 2.75) is 20.3 Å². The molecule has 0 fully saturated rings. The number of hydrogen-bond acceptors (Lipinski definition) is 3. The molecule has 1 heterocycles. The van der Waals surface area contributed by atoms with Crippen LogP contribution in [0, 0.1) is 0 Å². The largest absolute Gasteiger partial charge is 0.508 e. The summed E-state index contributed by atoms with van der Waals surface area (Å²) in [6, 6.07) is 19.3. The lowest BCUT2D eigenvalue weighted by molar-refractivity contribution is 0.156. The van der Waals surface area contributed by atoms with Gasteiger partial charge in [0.25, 0.3) is 0 Å².